The van der Waals surface area contributed by atoms with Crippen LogP contribution in [0.5, 0.6) is 0 Å². The minimum atomic E-state index is -0.126. The summed E-state index contributed by atoms with van der Waals surface area (Å²) in [7, 11) is 0. The van der Waals surface area contributed by atoms with E-state index in [9.17, 15) is 0 Å². The van der Waals surface area contributed by atoms with Crippen LogP contribution in [-0.4, -0.2) is 15.1 Å². The highest BCUT2D eigenvalue weighted by molar-refractivity contribution is 5.59. The minimum Gasteiger partial charge on any atom is -0.388 e. The summed E-state index contributed by atoms with van der Waals surface area (Å²) >= 11 is 0. The molecule has 0 saturated heterocycles. The Kier molecular flexibility index (Phi) is 4.05. The molecular weight excluding hydrogens is 224 g/mol. The molecule has 94 valence electrons. The molecule has 0 spiro atoms. The number of aliphatic hydroxyl groups is 1. The van der Waals surface area contributed by atoms with Crippen molar-refractivity contribution in [1.29, 1.82) is 0 Å². The SMILES string of the molecule is CCC(C)c1ccc(-c2ccnc(CO)n2)cc1. The van der Waals surface area contributed by atoms with Crippen LogP contribution in [0.2, 0.25) is 0 Å². The van der Waals surface area contributed by atoms with Gasteiger partial charge in [-0.1, -0.05) is 38.1 Å². The summed E-state index contributed by atoms with van der Waals surface area (Å²) in [5, 5.41) is 9.03. The van der Waals surface area contributed by atoms with Crippen molar-refractivity contribution in [1.82, 2.24) is 9.97 Å². The van der Waals surface area contributed by atoms with Gasteiger partial charge in [-0.3, -0.25) is 0 Å². The average Bonchev–Trinajstić information content (AvgIpc) is 2.46. The molecule has 0 aliphatic rings. The normalized spacial score (nSPS) is 12.4. The third kappa shape index (κ3) is 2.74. The van der Waals surface area contributed by atoms with E-state index in [0.29, 0.717) is 11.7 Å². The van der Waals surface area contributed by atoms with Gasteiger partial charge in [0.25, 0.3) is 0 Å². The van der Waals surface area contributed by atoms with Crippen LogP contribution in [0.3, 0.4) is 0 Å². The lowest BCUT2D eigenvalue weighted by Gasteiger charge is -2.09. The molecule has 1 atom stereocenters. The summed E-state index contributed by atoms with van der Waals surface area (Å²) in [5.41, 5.74) is 3.25. The van der Waals surface area contributed by atoms with Gasteiger partial charge in [0, 0.05) is 11.8 Å². The van der Waals surface area contributed by atoms with Gasteiger partial charge < -0.3 is 5.11 Å². The van der Waals surface area contributed by atoms with Crippen LogP contribution >= 0.6 is 0 Å². The molecule has 1 aromatic carbocycles. The van der Waals surface area contributed by atoms with Gasteiger partial charge in [0.15, 0.2) is 5.82 Å². The fourth-order valence-corrected chi connectivity index (χ4v) is 1.85. The maximum absolute atomic E-state index is 9.03. The Morgan fingerprint density at radius 2 is 1.89 bits per heavy atom. The molecule has 0 fully saturated rings. The second-order valence-corrected chi connectivity index (χ2v) is 4.45. The summed E-state index contributed by atoms with van der Waals surface area (Å²) in [6.45, 7) is 4.29. The van der Waals surface area contributed by atoms with Crippen molar-refractivity contribution >= 4 is 0 Å². The highest BCUT2D eigenvalue weighted by Crippen LogP contribution is 2.22. The van der Waals surface area contributed by atoms with Gasteiger partial charge in [0.05, 0.1) is 5.69 Å². The lowest BCUT2D eigenvalue weighted by molar-refractivity contribution is 0.271. The van der Waals surface area contributed by atoms with Crippen molar-refractivity contribution < 1.29 is 5.11 Å². The molecule has 18 heavy (non-hydrogen) atoms. The van der Waals surface area contributed by atoms with E-state index in [0.717, 1.165) is 17.7 Å². The van der Waals surface area contributed by atoms with Crippen LogP contribution in [-0.2, 0) is 6.61 Å². The number of benzene rings is 1. The number of aromatic nitrogens is 2. The summed E-state index contributed by atoms with van der Waals surface area (Å²) in [6, 6.07) is 10.3. The predicted octanol–water partition coefficient (Wildman–Crippen LogP) is 3.15. The molecule has 0 amide bonds. The number of hydrogen-bond donors (Lipinski definition) is 1. The third-order valence-corrected chi connectivity index (χ3v) is 3.23. The molecular formula is C15H18N2O. The fourth-order valence-electron chi connectivity index (χ4n) is 1.85. The maximum atomic E-state index is 9.03. The molecule has 2 rings (SSSR count). The predicted molar refractivity (Wildman–Crippen MR) is 72.1 cm³/mol. The average molecular weight is 242 g/mol. The topological polar surface area (TPSA) is 46.0 Å². The Morgan fingerprint density at radius 3 is 2.50 bits per heavy atom. The van der Waals surface area contributed by atoms with Crippen molar-refractivity contribution in [3.63, 3.8) is 0 Å². The summed E-state index contributed by atoms with van der Waals surface area (Å²) in [4.78, 5) is 8.28. The lowest BCUT2D eigenvalue weighted by Crippen LogP contribution is -1.96. The monoisotopic (exact) mass is 242 g/mol. The third-order valence-electron chi connectivity index (χ3n) is 3.23. The van der Waals surface area contributed by atoms with Crippen molar-refractivity contribution in [3.8, 4) is 11.3 Å². The second kappa shape index (κ2) is 5.74. The van der Waals surface area contributed by atoms with E-state index in [4.69, 9.17) is 5.11 Å². The lowest BCUT2D eigenvalue weighted by atomic mass is 9.97. The fraction of sp³-hybridized carbons (Fsp3) is 0.333. The largest absolute Gasteiger partial charge is 0.388 e. The minimum absolute atomic E-state index is 0.126. The molecule has 2 aromatic rings. The van der Waals surface area contributed by atoms with E-state index in [1.54, 1.807) is 6.20 Å². The van der Waals surface area contributed by atoms with Crippen LogP contribution < -0.4 is 0 Å². The standard InChI is InChI=1S/C15H18N2O/c1-3-11(2)12-4-6-13(7-5-12)14-8-9-16-15(10-18)17-14/h4-9,11,18H,3,10H2,1-2H3. The molecule has 0 aliphatic carbocycles. The van der Waals surface area contributed by atoms with Gasteiger partial charge in [-0.05, 0) is 24.0 Å². The van der Waals surface area contributed by atoms with E-state index in [1.165, 1.54) is 5.56 Å². The van der Waals surface area contributed by atoms with Crippen LogP contribution in [0.4, 0.5) is 0 Å². The van der Waals surface area contributed by atoms with Crippen LogP contribution in [0.25, 0.3) is 11.3 Å². The van der Waals surface area contributed by atoms with Crippen LogP contribution in [0.15, 0.2) is 36.5 Å². The van der Waals surface area contributed by atoms with E-state index < -0.39 is 0 Å². The van der Waals surface area contributed by atoms with Gasteiger partial charge >= 0.3 is 0 Å². The van der Waals surface area contributed by atoms with E-state index in [1.807, 2.05) is 6.07 Å². The number of nitrogens with zero attached hydrogens (tertiary/aromatic N) is 2. The van der Waals surface area contributed by atoms with Crippen molar-refractivity contribution in [2.24, 2.45) is 0 Å². The number of hydrogen-bond acceptors (Lipinski definition) is 3. The first-order valence-corrected chi connectivity index (χ1v) is 6.27. The first kappa shape index (κ1) is 12.7. The molecule has 3 nitrogen and oxygen atoms in total. The molecule has 1 heterocycles. The van der Waals surface area contributed by atoms with Gasteiger partial charge in [-0.15, -0.1) is 0 Å². The molecule has 0 saturated carbocycles. The van der Waals surface area contributed by atoms with Crippen molar-refractivity contribution in [2.75, 3.05) is 0 Å². The highest BCUT2D eigenvalue weighted by atomic mass is 16.3. The molecule has 1 aromatic heterocycles. The second-order valence-electron chi connectivity index (χ2n) is 4.45. The van der Waals surface area contributed by atoms with E-state index in [2.05, 4.69) is 48.1 Å². The van der Waals surface area contributed by atoms with Crippen molar-refractivity contribution in [2.45, 2.75) is 32.8 Å². The zero-order valence-electron chi connectivity index (χ0n) is 10.8. The van der Waals surface area contributed by atoms with Gasteiger partial charge in [-0.2, -0.15) is 0 Å². The zero-order chi connectivity index (χ0) is 13.0. The van der Waals surface area contributed by atoms with Crippen LogP contribution in [0, 0.1) is 0 Å². The summed E-state index contributed by atoms with van der Waals surface area (Å²) in [5.74, 6) is 1.04. The molecule has 1 N–H and O–H groups in total. The van der Waals surface area contributed by atoms with Gasteiger partial charge in [0.1, 0.15) is 6.61 Å². The Balaban J connectivity index is 2.28. The van der Waals surface area contributed by atoms with Gasteiger partial charge in [0.2, 0.25) is 0 Å². The first-order valence-electron chi connectivity index (χ1n) is 6.27. The van der Waals surface area contributed by atoms with Crippen molar-refractivity contribution in [3.05, 3.63) is 47.9 Å². The highest BCUT2D eigenvalue weighted by Gasteiger charge is 2.05. The smallest absolute Gasteiger partial charge is 0.154 e. The summed E-state index contributed by atoms with van der Waals surface area (Å²) in [6.07, 6.45) is 2.82. The number of rotatable bonds is 4. The van der Waals surface area contributed by atoms with E-state index in [-0.39, 0.29) is 6.61 Å². The van der Waals surface area contributed by atoms with E-state index >= 15 is 0 Å². The Hall–Kier alpha value is -1.74. The Morgan fingerprint density at radius 1 is 1.17 bits per heavy atom. The van der Waals surface area contributed by atoms with Gasteiger partial charge in [-0.25, -0.2) is 9.97 Å². The zero-order valence-corrected chi connectivity index (χ0v) is 10.8. The first-order chi connectivity index (χ1) is 8.74. The molecule has 0 radical (unpaired) electrons. The molecule has 1 unspecified atom stereocenters. The molecule has 3 heteroatoms. The molecule has 0 aliphatic heterocycles. The Bertz CT molecular complexity index is 508. The number of aliphatic hydroxyl groups excluding tert-OH is 1. The summed E-state index contributed by atoms with van der Waals surface area (Å²) < 4.78 is 0. The Labute approximate surface area is 108 Å². The van der Waals surface area contributed by atoms with Crippen LogP contribution in [0.1, 0.15) is 37.6 Å². The molecule has 0 bridgehead atoms. The maximum Gasteiger partial charge on any atom is 0.154 e. The quantitative estimate of drug-likeness (QED) is 0.895.